The summed E-state index contributed by atoms with van der Waals surface area (Å²) < 4.78 is 4.60. The molecule has 0 saturated carbocycles. The van der Waals surface area contributed by atoms with E-state index in [-0.39, 0.29) is 5.91 Å². The lowest BCUT2D eigenvalue weighted by Gasteiger charge is -2.04. The van der Waals surface area contributed by atoms with E-state index in [9.17, 15) is 9.59 Å². The first-order chi connectivity index (χ1) is 7.74. The Labute approximate surface area is 93.8 Å². The van der Waals surface area contributed by atoms with Gasteiger partial charge in [-0.15, -0.1) is 0 Å². The first kappa shape index (κ1) is 12.4. The second-order valence-electron chi connectivity index (χ2n) is 3.31. The molecule has 1 heterocycles. The zero-order valence-corrected chi connectivity index (χ0v) is 9.29. The molecule has 0 saturated heterocycles. The van der Waals surface area contributed by atoms with Crippen molar-refractivity contribution in [2.24, 2.45) is 0 Å². The van der Waals surface area contributed by atoms with Gasteiger partial charge in [0.1, 0.15) is 6.26 Å². The molecule has 0 radical (unpaired) electrons. The van der Waals surface area contributed by atoms with Crippen molar-refractivity contribution in [1.82, 2.24) is 10.6 Å². The smallest absolute Gasteiger partial charge is 0.335 e. The van der Waals surface area contributed by atoms with Gasteiger partial charge in [0, 0.05) is 12.6 Å². The molecular formula is C11H16N2O3. The molecule has 1 aromatic heterocycles. The third-order valence-corrected chi connectivity index (χ3v) is 2.03. The Balaban J connectivity index is 2.30. The van der Waals surface area contributed by atoms with E-state index in [0.29, 0.717) is 12.1 Å². The van der Waals surface area contributed by atoms with Crippen molar-refractivity contribution >= 4 is 5.91 Å². The number of nitrogens with one attached hydrogen (secondary N) is 2. The molecule has 0 atom stereocenters. The van der Waals surface area contributed by atoms with Gasteiger partial charge in [0.05, 0.1) is 5.56 Å². The van der Waals surface area contributed by atoms with Crippen LogP contribution < -0.4 is 16.3 Å². The molecule has 1 aromatic rings. The highest BCUT2D eigenvalue weighted by atomic mass is 16.4. The highest BCUT2D eigenvalue weighted by Crippen LogP contribution is 1.94. The maximum atomic E-state index is 11.5. The third-order valence-electron chi connectivity index (χ3n) is 2.03. The van der Waals surface area contributed by atoms with Gasteiger partial charge in [0.15, 0.2) is 0 Å². The predicted octanol–water partition coefficient (Wildman–Crippen LogP) is 0.369. The van der Waals surface area contributed by atoms with Gasteiger partial charge in [-0.25, -0.2) is 4.79 Å². The fourth-order valence-electron chi connectivity index (χ4n) is 1.18. The van der Waals surface area contributed by atoms with E-state index >= 15 is 0 Å². The van der Waals surface area contributed by atoms with E-state index in [1.54, 1.807) is 0 Å². The minimum Gasteiger partial charge on any atom is -0.430 e. The molecule has 1 rings (SSSR count). The van der Waals surface area contributed by atoms with Gasteiger partial charge in [-0.05, 0) is 25.6 Å². The molecule has 5 heteroatoms. The third kappa shape index (κ3) is 4.27. The second kappa shape index (κ2) is 6.79. The maximum absolute atomic E-state index is 11.5. The Bertz CT molecular complexity index is 367. The van der Waals surface area contributed by atoms with Crippen molar-refractivity contribution in [3.63, 3.8) is 0 Å². The predicted molar refractivity (Wildman–Crippen MR) is 60.5 cm³/mol. The van der Waals surface area contributed by atoms with Crippen molar-refractivity contribution in [1.29, 1.82) is 0 Å². The van der Waals surface area contributed by atoms with E-state index in [1.807, 2.05) is 6.92 Å². The molecule has 0 aliphatic heterocycles. The van der Waals surface area contributed by atoms with Gasteiger partial charge in [-0.3, -0.25) is 4.79 Å². The van der Waals surface area contributed by atoms with Gasteiger partial charge in [0.2, 0.25) is 0 Å². The second-order valence-corrected chi connectivity index (χ2v) is 3.31. The van der Waals surface area contributed by atoms with Crippen LogP contribution in [-0.4, -0.2) is 25.5 Å². The van der Waals surface area contributed by atoms with Crippen LogP contribution in [0.5, 0.6) is 0 Å². The van der Waals surface area contributed by atoms with E-state index in [2.05, 4.69) is 15.1 Å². The number of hydrogen-bond acceptors (Lipinski definition) is 4. The summed E-state index contributed by atoms with van der Waals surface area (Å²) in [5, 5.41) is 5.89. The number of rotatable bonds is 6. The van der Waals surface area contributed by atoms with Crippen LogP contribution >= 0.6 is 0 Å². The van der Waals surface area contributed by atoms with Crippen LogP contribution in [0.1, 0.15) is 23.7 Å². The monoisotopic (exact) mass is 224 g/mol. The standard InChI is InChI=1S/C11H16N2O3/c1-2-12-6-3-7-13-11(15)9-4-5-10(14)16-8-9/h4-5,8,12H,2-3,6-7H2,1H3,(H,13,15). The fourth-order valence-corrected chi connectivity index (χ4v) is 1.18. The van der Waals surface area contributed by atoms with Crippen LogP contribution in [0.3, 0.4) is 0 Å². The van der Waals surface area contributed by atoms with Crippen LogP contribution in [0.4, 0.5) is 0 Å². The number of hydrogen-bond donors (Lipinski definition) is 2. The van der Waals surface area contributed by atoms with E-state index < -0.39 is 5.63 Å². The van der Waals surface area contributed by atoms with Crippen molar-refractivity contribution in [3.05, 3.63) is 34.4 Å². The number of carbonyl (C=O) groups excluding carboxylic acids is 1. The lowest BCUT2D eigenvalue weighted by Crippen LogP contribution is -2.27. The van der Waals surface area contributed by atoms with Gasteiger partial charge in [0.25, 0.3) is 5.91 Å². The van der Waals surface area contributed by atoms with Gasteiger partial charge in [-0.2, -0.15) is 0 Å². The molecule has 1 amide bonds. The Morgan fingerprint density at radius 2 is 2.19 bits per heavy atom. The van der Waals surface area contributed by atoms with Gasteiger partial charge in [-0.1, -0.05) is 6.92 Å². The minimum atomic E-state index is -0.455. The molecular weight excluding hydrogens is 208 g/mol. The van der Waals surface area contributed by atoms with Crippen LogP contribution in [0.25, 0.3) is 0 Å². The van der Waals surface area contributed by atoms with Crippen LogP contribution in [0.2, 0.25) is 0 Å². The summed E-state index contributed by atoms with van der Waals surface area (Å²) in [6, 6.07) is 2.68. The lowest BCUT2D eigenvalue weighted by atomic mass is 10.3. The Morgan fingerprint density at radius 3 is 2.81 bits per heavy atom. The van der Waals surface area contributed by atoms with Gasteiger partial charge >= 0.3 is 5.63 Å². The average Bonchev–Trinajstić information content (AvgIpc) is 2.29. The molecule has 2 N–H and O–H groups in total. The Kier molecular flexibility index (Phi) is 5.28. The zero-order valence-electron chi connectivity index (χ0n) is 9.29. The summed E-state index contributed by atoms with van der Waals surface area (Å²) in [7, 11) is 0. The highest BCUT2D eigenvalue weighted by Gasteiger charge is 2.04. The van der Waals surface area contributed by atoms with Crippen molar-refractivity contribution in [2.75, 3.05) is 19.6 Å². The van der Waals surface area contributed by atoms with E-state index in [1.165, 1.54) is 18.4 Å². The van der Waals surface area contributed by atoms with Crippen LogP contribution in [-0.2, 0) is 0 Å². The topological polar surface area (TPSA) is 71.3 Å². The molecule has 0 spiro atoms. The first-order valence-corrected chi connectivity index (χ1v) is 5.32. The average molecular weight is 224 g/mol. The highest BCUT2D eigenvalue weighted by molar-refractivity contribution is 5.93. The summed E-state index contributed by atoms with van der Waals surface area (Å²) in [5.41, 5.74) is -0.0910. The molecule has 0 unspecified atom stereocenters. The number of carbonyl (C=O) groups is 1. The molecule has 0 bridgehead atoms. The summed E-state index contributed by atoms with van der Waals surface area (Å²) in [4.78, 5) is 22.2. The molecule has 5 nitrogen and oxygen atoms in total. The maximum Gasteiger partial charge on any atom is 0.335 e. The SMILES string of the molecule is CCNCCCNC(=O)c1ccc(=O)oc1. The molecule has 88 valence electrons. The van der Waals surface area contributed by atoms with Crippen LogP contribution in [0, 0.1) is 0 Å². The normalized spacial score (nSPS) is 10.1. The number of amides is 1. The largest absolute Gasteiger partial charge is 0.430 e. The molecule has 0 aromatic carbocycles. The minimum absolute atomic E-state index is 0.222. The fraction of sp³-hybridized carbons (Fsp3) is 0.455. The molecule has 0 aliphatic rings. The first-order valence-electron chi connectivity index (χ1n) is 5.32. The van der Waals surface area contributed by atoms with Crippen molar-refractivity contribution in [2.45, 2.75) is 13.3 Å². The Morgan fingerprint density at radius 1 is 1.38 bits per heavy atom. The van der Waals surface area contributed by atoms with Crippen molar-refractivity contribution < 1.29 is 9.21 Å². The lowest BCUT2D eigenvalue weighted by molar-refractivity contribution is 0.0951. The summed E-state index contributed by atoms with van der Waals surface area (Å²) in [5.74, 6) is -0.222. The zero-order chi connectivity index (χ0) is 11.8. The summed E-state index contributed by atoms with van der Waals surface area (Å²) in [6.45, 7) is 4.44. The van der Waals surface area contributed by atoms with Crippen LogP contribution in [0.15, 0.2) is 27.6 Å². The van der Waals surface area contributed by atoms with E-state index in [0.717, 1.165) is 19.5 Å². The summed E-state index contributed by atoms with van der Waals surface area (Å²) >= 11 is 0. The summed E-state index contributed by atoms with van der Waals surface area (Å²) in [6.07, 6.45) is 2.04. The molecule has 0 aliphatic carbocycles. The Hall–Kier alpha value is -1.62. The molecule has 0 fully saturated rings. The molecule has 16 heavy (non-hydrogen) atoms. The van der Waals surface area contributed by atoms with Gasteiger partial charge < -0.3 is 15.1 Å². The van der Waals surface area contributed by atoms with E-state index in [4.69, 9.17) is 0 Å². The quantitative estimate of drug-likeness (QED) is 0.685. The van der Waals surface area contributed by atoms with Crippen molar-refractivity contribution in [3.8, 4) is 0 Å².